The van der Waals surface area contributed by atoms with Crippen molar-refractivity contribution in [1.29, 1.82) is 0 Å². The predicted molar refractivity (Wildman–Crippen MR) is 104 cm³/mol. The number of hydrogen-bond donors (Lipinski definition) is 1. The summed E-state index contributed by atoms with van der Waals surface area (Å²) in [6.07, 6.45) is 0. The van der Waals surface area contributed by atoms with Crippen LogP contribution in [0.3, 0.4) is 0 Å². The van der Waals surface area contributed by atoms with E-state index in [1.165, 1.54) is 5.56 Å². The number of rotatable bonds is 5. The minimum Gasteiger partial charge on any atom is -0.493 e. The molecule has 26 heavy (non-hydrogen) atoms. The number of ether oxygens (including phenoxy) is 2. The van der Waals surface area contributed by atoms with Crippen molar-refractivity contribution in [3.63, 3.8) is 0 Å². The van der Waals surface area contributed by atoms with Crippen LogP contribution in [0.5, 0.6) is 11.5 Å². The molecular formula is C22H20N2O2. The molecule has 0 spiro atoms. The van der Waals surface area contributed by atoms with Crippen molar-refractivity contribution in [1.82, 2.24) is 9.97 Å². The van der Waals surface area contributed by atoms with Gasteiger partial charge in [-0.2, -0.15) is 0 Å². The van der Waals surface area contributed by atoms with Crippen molar-refractivity contribution in [3.05, 3.63) is 77.9 Å². The van der Waals surface area contributed by atoms with E-state index in [1.807, 2.05) is 42.5 Å². The van der Waals surface area contributed by atoms with Crippen LogP contribution in [0.25, 0.3) is 22.4 Å². The van der Waals surface area contributed by atoms with Gasteiger partial charge in [0.1, 0.15) is 12.4 Å². The first-order chi connectivity index (χ1) is 12.7. The average molecular weight is 344 g/mol. The molecule has 4 aromatic rings. The molecule has 0 radical (unpaired) electrons. The van der Waals surface area contributed by atoms with Crippen LogP contribution in [0.1, 0.15) is 11.1 Å². The van der Waals surface area contributed by atoms with E-state index in [4.69, 9.17) is 14.5 Å². The molecule has 0 amide bonds. The molecule has 0 saturated heterocycles. The highest BCUT2D eigenvalue weighted by Crippen LogP contribution is 2.38. The first-order valence-corrected chi connectivity index (χ1v) is 8.55. The number of H-pyrrole nitrogens is 1. The number of hydrogen-bond acceptors (Lipinski definition) is 3. The van der Waals surface area contributed by atoms with Gasteiger partial charge in [0, 0.05) is 0 Å². The fraction of sp³-hybridized carbons (Fsp3) is 0.136. The van der Waals surface area contributed by atoms with Gasteiger partial charge >= 0.3 is 0 Å². The van der Waals surface area contributed by atoms with Crippen LogP contribution in [0, 0.1) is 6.92 Å². The molecule has 130 valence electrons. The van der Waals surface area contributed by atoms with Gasteiger partial charge in [-0.3, -0.25) is 0 Å². The quantitative estimate of drug-likeness (QED) is 0.546. The normalized spacial score (nSPS) is 10.8. The van der Waals surface area contributed by atoms with Crippen LogP contribution in [0.15, 0.2) is 66.7 Å². The Morgan fingerprint density at radius 3 is 2.50 bits per heavy atom. The summed E-state index contributed by atoms with van der Waals surface area (Å²) in [5, 5.41) is 0. The molecule has 4 heteroatoms. The second-order valence-electron chi connectivity index (χ2n) is 6.21. The molecule has 1 N–H and O–H groups in total. The first-order valence-electron chi connectivity index (χ1n) is 8.55. The van der Waals surface area contributed by atoms with Gasteiger partial charge in [0.15, 0.2) is 11.5 Å². The van der Waals surface area contributed by atoms with Crippen LogP contribution >= 0.6 is 0 Å². The Labute approximate surface area is 152 Å². The van der Waals surface area contributed by atoms with Crippen molar-refractivity contribution in [2.75, 3.05) is 7.11 Å². The second-order valence-corrected chi connectivity index (χ2v) is 6.21. The van der Waals surface area contributed by atoms with E-state index in [-0.39, 0.29) is 0 Å². The molecule has 3 aromatic carbocycles. The predicted octanol–water partition coefficient (Wildman–Crippen LogP) is 5.13. The lowest BCUT2D eigenvalue weighted by Gasteiger charge is -2.14. The standard InChI is InChI=1S/C22H20N2O2/c1-15-10-12-16(13-11-15)14-26-21-17(6-5-9-20(21)25-2)22-23-18-7-3-4-8-19(18)24-22/h3-13H,14H2,1-2H3,(H,23,24). The molecule has 4 nitrogen and oxygen atoms in total. The summed E-state index contributed by atoms with van der Waals surface area (Å²) in [7, 11) is 1.65. The fourth-order valence-electron chi connectivity index (χ4n) is 2.93. The second kappa shape index (κ2) is 6.92. The Morgan fingerprint density at radius 1 is 0.923 bits per heavy atom. The number of aryl methyl sites for hydroxylation is 1. The minimum absolute atomic E-state index is 0.466. The number of aromatic nitrogens is 2. The number of imidazole rings is 1. The summed E-state index contributed by atoms with van der Waals surface area (Å²) < 4.78 is 11.7. The molecule has 0 bridgehead atoms. The summed E-state index contributed by atoms with van der Waals surface area (Å²) in [5.74, 6) is 2.15. The number of benzene rings is 3. The number of nitrogens with one attached hydrogen (secondary N) is 1. The summed E-state index contributed by atoms with van der Waals surface area (Å²) in [6, 6.07) is 22.1. The van der Waals surface area contributed by atoms with Crippen molar-refractivity contribution in [3.8, 4) is 22.9 Å². The molecule has 0 aliphatic carbocycles. The molecule has 0 saturated carbocycles. The molecule has 0 atom stereocenters. The molecule has 0 unspecified atom stereocenters. The van der Waals surface area contributed by atoms with Gasteiger partial charge < -0.3 is 14.5 Å². The van der Waals surface area contributed by atoms with Crippen LogP contribution in [-0.2, 0) is 6.61 Å². The average Bonchev–Trinajstić information content (AvgIpc) is 3.11. The Hall–Kier alpha value is -3.27. The van der Waals surface area contributed by atoms with Gasteiger partial charge in [-0.05, 0) is 36.8 Å². The van der Waals surface area contributed by atoms with E-state index in [0.29, 0.717) is 18.1 Å². The van der Waals surface area contributed by atoms with Crippen molar-refractivity contribution >= 4 is 11.0 Å². The largest absolute Gasteiger partial charge is 0.493 e. The van der Waals surface area contributed by atoms with Crippen molar-refractivity contribution in [2.24, 2.45) is 0 Å². The SMILES string of the molecule is COc1cccc(-c2nc3ccccc3[nH]2)c1OCc1ccc(C)cc1. The maximum absolute atomic E-state index is 6.15. The third kappa shape index (κ3) is 3.14. The van der Waals surface area contributed by atoms with Gasteiger partial charge in [-0.25, -0.2) is 4.98 Å². The topological polar surface area (TPSA) is 47.1 Å². The lowest BCUT2D eigenvalue weighted by Crippen LogP contribution is -2.00. The minimum atomic E-state index is 0.466. The summed E-state index contributed by atoms with van der Waals surface area (Å²) >= 11 is 0. The maximum atomic E-state index is 6.15. The van der Waals surface area contributed by atoms with E-state index in [1.54, 1.807) is 7.11 Å². The van der Waals surface area contributed by atoms with E-state index in [9.17, 15) is 0 Å². The number of nitrogens with zero attached hydrogens (tertiary/aromatic N) is 1. The molecule has 0 fully saturated rings. The molecule has 4 rings (SSSR count). The summed E-state index contributed by atoms with van der Waals surface area (Å²) in [4.78, 5) is 8.06. The Kier molecular flexibility index (Phi) is 4.32. The van der Waals surface area contributed by atoms with Gasteiger partial charge in [0.2, 0.25) is 0 Å². The number of methoxy groups -OCH3 is 1. The van der Waals surface area contributed by atoms with Gasteiger partial charge in [-0.1, -0.05) is 48.0 Å². The highest BCUT2D eigenvalue weighted by Gasteiger charge is 2.15. The summed E-state index contributed by atoms with van der Waals surface area (Å²) in [5.41, 5.74) is 5.14. The number of fused-ring (bicyclic) bond motifs is 1. The van der Waals surface area contributed by atoms with Gasteiger partial charge in [0.05, 0.1) is 23.7 Å². The Morgan fingerprint density at radius 2 is 1.73 bits per heavy atom. The zero-order chi connectivity index (χ0) is 17.9. The highest BCUT2D eigenvalue weighted by molar-refractivity contribution is 5.81. The zero-order valence-corrected chi connectivity index (χ0v) is 14.8. The molecule has 1 aromatic heterocycles. The zero-order valence-electron chi connectivity index (χ0n) is 14.8. The van der Waals surface area contributed by atoms with Crippen LogP contribution in [0.2, 0.25) is 0 Å². The third-order valence-corrected chi connectivity index (χ3v) is 4.35. The van der Waals surface area contributed by atoms with Crippen molar-refractivity contribution in [2.45, 2.75) is 13.5 Å². The highest BCUT2D eigenvalue weighted by atomic mass is 16.5. The van der Waals surface area contributed by atoms with Gasteiger partial charge in [-0.15, -0.1) is 0 Å². The lowest BCUT2D eigenvalue weighted by atomic mass is 10.1. The smallest absolute Gasteiger partial charge is 0.172 e. The van der Waals surface area contributed by atoms with E-state index in [2.05, 4.69) is 36.2 Å². The number of para-hydroxylation sites is 3. The van der Waals surface area contributed by atoms with Gasteiger partial charge in [0.25, 0.3) is 0 Å². The van der Waals surface area contributed by atoms with Crippen molar-refractivity contribution < 1.29 is 9.47 Å². The van der Waals surface area contributed by atoms with Crippen LogP contribution in [0.4, 0.5) is 0 Å². The molecule has 0 aliphatic heterocycles. The Bertz CT molecular complexity index is 1000. The third-order valence-electron chi connectivity index (χ3n) is 4.35. The first kappa shape index (κ1) is 16.2. The summed E-state index contributed by atoms with van der Waals surface area (Å²) in [6.45, 7) is 2.54. The Balaban J connectivity index is 1.71. The van der Waals surface area contributed by atoms with Crippen LogP contribution < -0.4 is 9.47 Å². The molecular weight excluding hydrogens is 324 g/mol. The number of aromatic amines is 1. The van der Waals surface area contributed by atoms with Crippen LogP contribution in [-0.4, -0.2) is 17.1 Å². The molecule has 0 aliphatic rings. The van der Waals surface area contributed by atoms with E-state index < -0.39 is 0 Å². The monoisotopic (exact) mass is 344 g/mol. The lowest BCUT2D eigenvalue weighted by molar-refractivity contribution is 0.285. The molecule has 1 heterocycles. The fourth-order valence-corrected chi connectivity index (χ4v) is 2.93. The maximum Gasteiger partial charge on any atom is 0.172 e. The van der Waals surface area contributed by atoms with E-state index in [0.717, 1.165) is 28.0 Å². The van der Waals surface area contributed by atoms with E-state index >= 15 is 0 Å².